The minimum Gasteiger partial charge on any atom is -0.378 e. The molecule has 0 aliphatic carbocycles. The summed E-state index contributed by atoms with van der Waals surface area (Å²) in [4.78, 5) is 9.72. The van der Waals surface area contributed by atoms with Crippen LogP contribution < -0.4 is 10.2 Å². The smallest absolute Gasteiger partial charge is 0.194 e. The van der Waals surface area contributed by atoms with Crippen LogP contribution >= 0.6 is 11.8 Å². The highest BCUT2D eigenvalue weighted by molar-refractivity contribution is 8.00. The topological polar surface area (TPSA) is 40.1 Å². The summed E-state index contributed by atoms with van der Waals surface area (Å²) >= 11 is 2.09. The molecule has 1 aromatic carbocycles. The molecule has 0 amide bonds. The van der Waals surface area contributed by atoms with E-state index < -0.39 is 0 Å². The van der Waals surface area contributed by atoms with E-state index in [0.29, 0.717) is 0 Å². The lowest BCUT2D eigenvalue weighted by molar-refractivity contribution is 0.122. The maximum absolute atomic E-state index is 5.43. The average Bonchev–Trinajstić information content (AvgIpc) is 2.72. The fourth-order valence-corrected chi connectivity index (χ4v) is 4.56. The van der Waals surface area contributed by atoms with Gasteiger partial charge in [0, 0.05) is 49.4 Å². The molecule has 144 valence electrons. The van der Waals surface area contributed by atoms with E-state index in [1.807, 2.05) is 0 Å². The molecule has 2 heterocycles. The molecule has 2 aliphatic rings. The molecule has 0 bridgehead atoms. The Labute approximate surface area is 162 Å². The summed E-state index contributed by atoms with van der Waals surface area (Å²) in [6, 6.07) is 8.85. The normalized spacial score (nSPS) is 21.8. The Morgan fingerprint density at radius 3 is 2.65 bits per heavy atom. The first-order chi connectivity index (χ1) is 12.8. The van der Waals surface area contributed by atoms with Crippen LogP contribution in [0.5, 0.6) is 0 Å². The molecular formula is C20H32N4OS. The number of morpholine rings is 1. The number of hydrogen-bond donors (Lipinski definition) is 1. The van der Waals surface area contributed by atoms with Gasteiger partial charge in [0.1, 0.15) is 0 Å². The van der Waals surface area contributed by atoms with Crippen molar-refractivity contribution < 1.29 is 4.74 Å². The third-order valence-corrected chi connectivity index (χ3v) is 6.32. The summed E-state index contributed by atoms with van der Waals surface area (Å²) in [5.74, 6) is 2.25. The van der Waals surface area contributed by atoms with Gasteiger partial charge in [-0.15, -0.1) is 0 Å². The Kier molecular flexibility index (Phi) is 7.50. The maximum Gasteiger partial charge on any atom is 0.194 e. The number of ether oxygens (including phenoxy) is 1. The molecule has 2 saturated heterocycles. The Morgan fingerprint density at radius 2 is 1.96 bits per heavy atom. The van der Waals surface area contributed by atoms with Crippen molar-refractivity contribution in [3.63, 3.8) is 0 Å². The summed E-state index contributed by atoms with van der Waals surface area (Å²) in [6.07, 6.45) is 1.23. The van der Waals surface area contributed by atoms with Crippen LogP contribution in [0.1, 0.15) is 25.8 Å². The number of nitrogens with one attached hydrogen (secondary N) is 1. The Bertz CT molecular complexity index is 572. The van der Waals surface area contributed by atoms with Gasteiger partial charge in [-0.1, -0.05) is 19.1 Å². The highest BCUT2D eigenvalue weighted by Crippen LogP contribution is 2.21. The fourth-order valence-electron chi connectivity index (χ4n) is 3.38. The van der Waals surface area contributed by atoms with Crippen LogP contribution in [-0.4, -0.2) is 67.8 Å². The van der Waals surface area contributed by atoms with Gasteiger partial charge >= 0.3 is 0 Å². The lowest BCUT2D eigenvalue weighted by Gasteiger charge is -2.34. The van der Waals surface area contributed by atoms with Crippen molar-refractivity contribution in [3.8, 4) is 0 Å². The van der Waals surface area contributed by atoms with Crippen LogP contribution in [0.2, 0.25) is 0 Å². The van der Waals surface area contributed by atoms with Gasteiger partial charge in [0.2, 0.25) is 0 Å². The second-order valence-corrected chi connectivity index (χ2v) is 8.19. The molecule has 2 aliphatic heterocycles. The minimum atomic E-state index is 0.723. The van der Waals surface area contributed by atoms with Crippen molar-refractivity contribution in [2.24, 2.45) is 4.99 Å². The van der Waals surface area contributed by atoms with Crippen molar-refractivity contribution in [3.05, 3.63) is 29.8 Å². The molecule has 1 N–H and O–H groups in total. The number of benzene rings is 1. The van der Waals surface area contributed by atoms with Gasteiger partial charge < -0.3 is 19.9 Å². The first-order valence-corrected chi connectivity index (χ1v) is 10.9. The lowest BCUT2D eigenvalue weighted by atomic mass is 10.2. The molecule has 1 unspecified atom stereocenters. The zero-order valence-electron chi connectivity index (χ0n) is 16.1. The van der Waals surface area contributed by atoms with E-state index in [1.54, 1.807) is 0 Å². The Hall–Kier alpha value is -1.40. The predicted octanol–water partition coefficient (Wildman–Crippen LogP) is 2.82. The number of rotatable bonds is 5. The Morgan fingerprint density at radius 1 is 1.19 bits per heavy atom. The molecule has 2 fully saturated rings. The second-order valence-electron chi connectivity index (χ2n) is 6.78. The molecule has 1 atom stereocenters. The van der Waals surface area contributed by atoms with Crippen molar-refractivity contribution in [1.82, 2.24) is 10.2 Å². The maximum atomic E-state index is 5.43. The van der Waals surface area contributed by atoms with Gasteiger partial charge in [0.15, 0.2) is 5.96 Å². The van der Waals surface area contributed by atoms with E-state index >= 15 is 0 Å². The predicted molar refractivity (Wildman–Crippen MR) is 112 cm³/mol. The van der Waals surface area contributed by atoms with Crippen LogP contribution in [0.3, 0.4) is 0 Å². The van der Waals surface area contributed by atoms with Crippen LogP contribution in [0.15, 0.2) is 29.3 Å². The van der Waals surface area contributed by atoms with Crippen molar-refractivity contribution in [1.29, 1.82) is 0 Å². The second kappa shape index (κ2) is 10.1. The molecule has 26 heavy (non-hydrogen) atoms. The molecule has 1 aromatic rings. The van der Waals surface area contributed by atoms with Gasteiger partial charge in [-0.3, -0.25) is 0 Å². The zero-order chi connectivity index (χ0) is 18.2. The first kappa shape index (κ1) is 19.4. The van der Waals surface area contributed by atoms with E-state index in [9.17, 15) is 0 Å². The van der Waals surface area contributed by atoms with Crippen LogP contribution in [-0.2, 0) is 11.3 Å². The first-order valence-electron chi connectivity index (χ1n) is 9.86. The van der Waals surface area contributed by atoms with Gasteiger partial charge in [0.25, 0.3) is 0 Å². The summed E-state index contributed by atoms with van der Waals surface area (Å²) in [5, 5.41) is 4.20. The highest BCUT2D eigenvalue weighted by atomic mass is 32.2. The van der Waals surface area contributed by atoms with E-state index in [1.165, 1.54) is 23.4 Å². The fraction of sp³-hybridized carbons (Fsp3) is 0.650. The average molecular weight is 377 g/mol. The molecule has 0 radical (unpaired) electrons. The van der Waals surface area contributed by atoms with E-state index in [0.717, 1.165) is 63.7 Å². The third-order valence-electron chi connectivity index (χ3n) is 4.95. The summed E-state index contributed by atoms with van der Waals surface area (Å²) in [6.45, 7) is 11.9. The van der Waals surface area contributed by atoms with Crippen molar-refractivity contribution in [2.45, 2.75) is 32.1 Å². The van der Waals surface area contributed by atoms with E-state index in [-0.39, 0.29) is 0 Å². The molecule has 5 nitrogen and oxygen atoms in total. The monoisotopic (exact) mass is 376 g/mol. The molecule has 3 rings (SSSR count). The number of aliphatic imine (C=N–C) groups is 1. The van der Waals surface area contributed by atoms with Gasteiger partial charge in [-0.2, -0.15) is 11.8 Å². The van der Waals surface area contributed by atoms with Gasteiger partial charge in [-0.25, -0.2) is 4.99 Å². The summed E-state index contributed by atoms with van der Waals surface area (Å²) in [7, 11) is 0. The molecule has 6 heteroatoms. The molecular weight excluding hydrogens is 344 g/mol. The quantitative estimate of drug-likeness (QED) is 0.632. The summed E-state index contributed by atoms with van der Waals surface area (Å²) < 4.78 is 5.43. The number of anilines is 1. The standard InChI is InChI=1S/C20H32N4OS/c1-3-19-16-24(11-14-26-19)20(21-4-2)22-15-17-5-7-18(8-6-17)23-9-12-25-13-10-23/h5-8,19H,3-4,9-16H2,1-2H3,(H,21,22). The summed E-state index contributed by atoms with van der Waals surface area (Å²) in [5.41, 5.74) is 2.54. The Balaban J connectivity index is 1.61. The number of thioether (sulfide) groups is 1. The molecule has 0 spiro atoms. The van der Waals surface area contributed by atoms with Crippen molar-refractivity contribution in [2.75, 3.05) is 56.6 Å². The molecule has 0 aromatic heterocycles. The van der Waals surface area contributed by atoms with Gasteiger partial charge in [0.05, 0.1) is 19.8 Å². The van der Waals surface area contributed by atoms with Crippen LogP contribution in [0.25, 0.3) is 0 Å². The van der Waals surface area contributed by atoms with E-state index in [2.05, 4.69) is 65.0 Å². The van der Waals surface area contributed by atoms with Gasteiger partial charge in [-0.05, 0) is 31.0 Å². The third kappa shape index (κ3) is 5.30. The number of nitrogens with zero attached hydrogens (tertiary/aromatic N) is 3. The minimum absolute atomic E-state index is 0.723. The van der Waals surface area contributed by atoms with Crippen molar-refractivity contribution >= 4 is 23.4 Å². The molecule has 0 saturated carbocycles. The number of hydrogen-bond acceptors (Lipinski definition) is 4. The van der Waals surface area contributed by atoms with E-state index in [4.69, 9.17) is 9.73 Å². The number of guanidine groups is 1. The SMILES string of the molecule is CCNC(=NCc1ccc(N2CCOCC2)cc1)N1CCSC(CC)C1. The largest absolute Gasteiger partial charge is 0.378 e. The zero-order valence-corrected chi connectivity index (χ0v) is 16.9. The van der Waals surface area contributed by atoms with Crippen LogP contribution in [0.4, 0.5) is 5.69 Å². The lowest BCUT2D eigenvalue weighted by Crippen LogP contribution is -2.48. The van der Waals surface area contributed by atoms with Crippen LogP contribution in [0, 0.1) is 0 Å². The highest BCUT2D eigenvalue weighted by Gasteiger charge is 2.21.